The first-order valence-corrected chi connectivity index (χ1v) is 12.7. The van der Waals surface area contributed by atoms with Gasteiger partial charge in [0.05, 0.1) is 11.8 Å². The van der Waals surface area contributed by atoms with Crippen molar-refractivity contribution in [3.8, 4) is 0 Å². The lowest BCUT2D eigenvalue weighted by Gasteiger charge is -2.44. The van der Waals surface area contributed by atoms with Crippen LogP contribution in [0.5, 0.6) is 0 Å². The molecule has 2 fully saturated rings. The molecule has 1 unspecified atom stereocenters. The number of carbonyl (C=O) groups excluding carboxylic acids is 1. The van der Waals surface area contributed by atoms with Gasteiger partial charge in [0.25, 0.3) is 5.91 Å². The minimum absolute atomic E-state index is 0.0367. The Morgan fingerprint density at radius 3 is 2.64 bits per heavy atom. The van der Waals surface area contributed by atoms with E-state index in [4.69, 9.17) is 4.74 Å². The lowest BCUT2D eigenvalue weighted by Crippen LogP contribution is -2.55. The molecule has 0 bridgehead atoms. The van der Waals surface area contributed by atoms with Gasteiger partial charge in [-0.25, -0.2) is 12.7 Å². The summed E-state index contributed by atoms with van der Waals surface area (Å²) >= 11 is 1.52. The largest absolute Gasteiger partial charge is 0.381 e. The predicted molar refractivity (Wildman–Crippen MR) is 111 cm³/mol. The Balaban J connectivity index is 1.67. The van der Waals surface area contributed by atoms with Crippen molar-refractivity contribution in [2.24, 2.45) is 0 Å². The highest BCUT2D eigenvalue weighted by Gasteiger charge is 2.34. The number of rotatable bonds is 7. The van der Waals surface area contributed by atoms with Gasteiger partial charge in [-0.05, 0) is 37.1 Å². The molecule has 1 atom stereocenters. The van der Waals surface area contributed by atoms with Crippen LogP contribution in [0.15, 0.2) is 16.8 Å². The molecular weight excluding hydrogens is 398 g/mol. The third-order valence-corrected chi connectivity index (χ3v) is 7.72. The van der Waals surface area contributed by atoms with Gasteiger partial charge in [-0.2, -0.15) is 11.3 Å². The second-order valence-electron chi connectivity index (χ2n) is 7.74. The number of nitrogens with zero attached hydrogens (tertiary/aromatic N) is 3. The molecule has 0 N–H and O–H groups in total. The Bertz CT molecular complexity index is 732. The minimum Gasteiger partial charge on any atom is -0.381 e. The highest BCUT2D eigenvalue weighted by atomic mass is 32.2. The number of hydrogen-bond acceptors (Lipinski definition) is 6. The third kappa shape index (κ3) is 5.54. The van der Waals surface area contributed by atoms with Crippen LogP contribution in [-0.2, 0) is 14.8 Å². The number of amides is 1. The molecule has 2 saturated heterocycles. The summed E-state index contributed by atoms with van der Waals surface area (Å²) in [4.78, 5) is 16.8. The average Bonchev–Trinajstić information content (AvgIpc) is 3.22. The first kappa shape index (κ1) is 21.7. The fourth-order valence-corrected chi connectivity index (χ4v) is 5.68. The van der Waals surface area contributed by atoms with Crippen LogP contribution < -0.4 is 0 Å². The quantitative estimate of drug-likeness (QED) is 0.660. The van der Waals surface area contributed by atoms with E-state index >= 15 is 0 Å². The summed E-state index contributed by atoms with van der Waals surface area (Å²) < 4.78 is 31.2. The number of likely N-dealkylation sites (N-methyl/N-ethyl adjacent to an activating group) is 1. The molecule has 2 aliphatic rings. The maximum atomic E-state index is 12.6. The summed E-state index contributed by atoms with van der Waals surface area (Å²) in [6.07, 6.45) is 5.07. The van der Waals surface area contributed by atoms with Crippen LogP contribution in [0.1, 0.15) is 36.0 Å². The highest BCUT2D eigenvalue weighted by Crippen LogP contribution is 2.24. The van der Waals surface area contributed by atoms with Crippen LogP contribution in [0.4, 0.5) is 0 Å². The van der Waals surface area contributed by atoms with Crippen molar-refractivity contribution in [3.63, 3.8) is 0 Å². The van der Waals surface area contributed by atoms with E-state index in [1.807, 2.05) is 23.9 Å². The van der Waals surface area contributed by atoms with Gasteiger partial charge in [0.2, 0.25) is 10.0 Å². The van der Waals surface area contributed by atoms with Gasteiger partial charge in [-0.3, -0.25) is 9.69 Å². The molecule has 0 spiro atoms. The number of piperidine rings is 1. The van der Waals surface area contributed by atoms with Crippen LogP contribution in [0, 0.1) is 0 Å². The molecule has 1 aromatic heterocycles. The average molecular weight is 430 g/mol. The highest BCUT2D eigenvalue weighted by molar-refractivity contribution is 7.88. The van der Waals surface area contributed by atoms with Gasteiger partial charge >= 0.3 is 0 Å². The van der Waals surface area contributed by atoms with Crippen molar-refractivity contribution >= 4 is 27.3 Å². The summed E-state index contributed by atoms with van der Waals surface area (Å²) in [7, 11) is -1.34. The van der Waals surface area contributed by atoms with Crippen molar-refractivity contribution < 1.29 is 17.9 Å². The van der Waals surface area contributed by atoms with E-state index in [9.17, 15) is 13.2 Å². The smallest absolute Gasteiger partial charge is 0.254 e. The fourth-order valence-electron chi connectivity index (χ4n) is 4.15. The molecule has 158 valence electrons. The monoisotopic (exact) mass is 429 g/mol. The zero-order valence-corrected chi connectivity index (χ0v) is 18.4. The molecule has 9 heteroatoms. The molecule has 3 heterocycles. The van der Waals surface area contributed by atoms with Gasteiger partial charge in [0.15, 0.2) is 0 Å². The summed E-state index contributed by atoms with van der Waals surface area (Å²) in [5.74, 6) is 0.0367. The molecule has 7 nitrogen and oxygen atoms in total. The molecule has 1 aromatic rings. The zero-order chi connectivity index (χ0) is 20.1. The number of carbonyl (C=O) groups is 1. The van der Waals surface area contributed by atoms with Crippen LogP contribution in [-0.4, -0.2) is 93.2 Å². The molecule has 1 amide bonds. The Hall–Kier alpha value is -1.000. The van der Waals surface area contributed by atoms with E-state index in [1.54, 1.807) is 9.21 Å². The third-order valence-electron chi connectivity index (χ3n) is 5.77. The number of ether oxygens (including phenoxy) is 1. The molecule has 0 aliphatic carbocycles. The molecule has 0 radical (unpaired) electrons. The minimum atomic E-state index is -3.18. The van der Waals surface area contributed by atoms with Gasteiger partial charge in [-0.1, -0.05) is 0 Å². The molecular formula is C19H31N3O4S2. The molecule has 28 heavy (non-hydrogen) atoms. The molecule has 3 rings (SSSR count). The summed E-state index contributed by atoms with van der Waals surface area (Å²) in [5.41, 5.74) is 0.728. The van der Waals surface area contributed by atoms with Crippen molar-refractivity contribution in [3.05, 3.63) is 22.4 Å². The van der Waals surface area contributed by atoms with Crippen LogP contribution >= 0.6 is 11.3 Å². The zero-order valence-electron chi connectivity index (χ0n) is 16.7. The lowest BCUT2D eigenvalue weighted by molar-refractivity contribution is 0.00319. The van der Waals surface area contributed by atoms with E-state index in [-0.39, 0.29) is 11.9 Å². The fraction of sp³-hybridized carbons (Fsp3) is 0.737. The van der Waals surface area contributed by atoms with Gasteiger partial charge < -0.3 is 9.64 Å². The first-order valence-electron chi connectivity index (χ1n) is 9.92. The van der Waals surface area contributed by atoms with Crippen LogP contribution in [0.25, 0.3) is 0 Å². The van der Waals surface area contributed by atoms with E-state index in [1.165, 1.54) is 17.6 Å². The van der Waals surface area contributed by atoms with E-state index in [0.29, 0.717) is 25.7 Å². The SMILES string of the molecule is CN(CCN(C1CCOCC1)C1CCCN(S(C)(=O)=O)C1)C(=O)c1ccsc1. The Morgan fingerprint density at radius 2 is 2.00 bits per heavy atom. The lowest BCUT2D eigenvalue weighted by atomic mass is 9.99. The molecule has 0 saturated carbocycles. The topological polar surface area (TPSA) is 70.2 Å². The molecule has 0 aromatic carbocycles. The van der Waals surface area contributed by atoms with Crippen molar-refractivity contribution in [1.82, 2.24) is 14.1 Å². The van der Waals surface area contributed by atoms with Crippen molar-refractivity contribution in [2.45, 2.75) is 37.8 Å². The maximum absolute atomic E-state index is 12.6. The van der Waals surface area contributed by atoms with E-state index in [0.717, 1.165) is 51.0 Å². The maximum Gasteiger partial charge on any atom is 0.254 e. The Labute approximate surface area is 172 Å². The second kappa shape index (κ2) is 9.67. The number of hydrogen-bond donors (Lipinski definition) is 0. The standard InChI is InChI=1S/C19H31N3O4S2/c1-20(19(23)16-7-13-27-15-16)9-10-22(17-5-11-26-12-6-17)18-4-3-8-21(14-18)28(2,24)25/h7,13,15,17-18H,3-6,8-12,14H2,1-2H3. The van der Waals surface area contributed by atoms with Crippen LogP contribution in [0.3, 0.4) is 0 Å². The molecule has 2 aliphatic heterocycles. The summed E-state index contributed by atoms with van der Waals surface area (Å²) in [6.45, 7) is 4.01. The summed E-state index contributed by atoms with van der Waals surface area (Å²) in [5, 5.41) is 3.79. The summed E-state index contributed by atoms with van der Waals surface area (Å²) in [6, 6.07) is 2.42. The Kier molecular flexibility index (Phi) is 7.49. The van der Waals surface area contributed by atoms with Crippen LogP contribution in [0.2, 0.25) is 0 Å². The Morgan fingerprint density at radius 1 is 1.25 bits per heavy atom. The van der Waals surface area contributed by atoms with Gasteiger partial charge in [-0.15, -0.1) is 0 Å². The van der Waals surface area contributed by atoms with Crippen molar-refractivity contribution in [2.75, 3.05) is 52.7 Å². The first-order chi connectivity index (χ1) is 13.4. The normalized spacial score (nSPS) is 22.5. The van der Waals surface area contributed by atoms with Gasteiger partial charge in [0.1, 0.15) is 0 Å². The second-order valence-corrected chi connectivity index (χ2v) is 10.5. The number of sulfonamides is 1. The van der Waals surface area contributed by atoms with Gasteiger partial charge in [0, 0.05) is 63.9 Å². The van der Waals surface area contributed by atoms with E-state index < -0.39 is 10.0 Å². The number of thiophene rings is 1. The predicted octanol–water partition coefficient (Wildman–Crippen LogP) is 1.73. The van der Waals surface area contributed by atoms with E-state index in [2.05, 4.69) is 4.90 Å². The van der Waals surface area contributed by atoms with Crippen molar-refractivity contribution in [1.29, 1.82) is 0 Å².